The Bertz CT molecular complexity index is 828. The van der Waals surface area contributed by atoms with Crippen LogP contribution in [-0.2, 0) is 6.18 Å². The number of carbonyl (C=O) groups is 2. The molecule has 2 aromatic rings. The summed E-state index contributed by atoms with van der Waals surface area (Å²) in [6, 6.07) is 9.17. The summed E-state index contributed by atoms with van der Waals surface area (Å²) >= 11 is 5.83. The number of halogens is 4. The fourth-order valence-corrected chi connectivity index (χ4v) is 2.36. The lowest BCUT2D eigenvalue weighted by Gasteiger charge is -2.16. The van der Waals surface area contributed by atoms with E-state index in [1.807, 2.05) is 0 Å². The van der Waals surface area contributed by atoms with Crippen molar-refractivity contribution in [3.63, 3.8) is 0 Å². The Kier molecular flexibility index (Phi) is 7.11. The van der Waals surface area contributed by atoms with Crippen LogP contribution in [-0.4, -0.2) is 24.6 Å². The van der Waals surface area contributed by atoms with Gasteiger partial charge in [-0.15, -0.1) is 0 Å². The first-order valence-corrected chi connectivity index (χ1v) is 8.56. The van der Waals surface area contributed by atoms with Crippen molar-refractivity contribution >= 4 is 35.0 Å². The van der Waals surface area contributed by atoms with Gasteiger partial charge in [0, 0.05) is 29.0 Å². The summed E-state index contributed by atoms with van der Waals surface area (Å²) in [7, 11) is 0. The number of anilines is 2. The van der Waals surface area contributed by atoms with Gasteiger partial charge >= 0.3 is 18.2 Å². The van der Waals surface area contributed by atoms with E-state index in [2.05, 4.69) is 21.3 Å². The number of urea groups is 2. The second-order valence-electron chi connectivity index (χ2n) is 5.92. The predicted molar refractivity (Wildman–Crippen MR) is 102 cm³/mol. The van der Waals surface area contributed by atoms with Gasteiger partial charge in [-0.1, -0.05) is 17.7 Å². The zero-order chi connectivity index (χ0) is 20.7. The average molecular weight is 415 g/mol. The van der Waals surface area contributed by atoms with Crippen LogP contribution in [0.15, 0.2) is 48.5 Å². The molecule has 0 spiro atoms. The molecule has 10 heteroatoms. The lowest BCUT2D eigenvalue weighted by atomic mass is 10.2. The first-order valence-electron chi connectivity index (χ1n) is 8.18. The molecule has 0 radical (unpaired) electrons. The van der Waals surface area contributed by atoms with Crippen LogP contribution >= 0.6 is 11.6 Å². The van der Waals surface area contributed by atoms with Gasteiger partial charge in [0.25, 0.3) is 0 Å². The molecule has 0 aliphatic carbocycles. The molecule has 0 aromatic heterocycles. The summed E-state index contributed by atoms with van der Waals surface area (Å²) in [6.45, 7) is 1.79. The Balaban J connectivity index is 1.75. The highest BCUT2D eigenvalue weighted by Crippen LogP contribution is 2.29. The van der Waals surface area contributed by atoms with Crippen LogP contribution in [0.25, 0.3) is 0 Å². The van der Waals surface area contributed by atoms with Crippen molar-refractivity contribution in [1.29, 1.82) is 0 Å². The number of carbonyl (C=O) groups excluding carboxylic acids is 2. The Morgan fingerprint density at radius 1 is 1.00 bits per heavy atom. The van der Waals surface area contributed by atoms with Gasteiger partial charge in [-0.2, -0.15) is 13.2 Å². The Morgan fingerprint density at radius 2 is 1.64 bits per heavy atom. The highest BCUT2D eigenvalue weighted by atomic mass is 35.5. The quantitative estimate of drug-likeness (QED) is 0.572. The van der Waals surface area contributed by atoms with Crippen LogP contribution in [0.5, 0.6) is 0 Å². The molecule has 0 saturated carbocycles. The van der Waals surface area contributed by atoms with Crippen molar-refractivity contribution < 1.29 is 22.8 Å². The topological polar surface area (TPSA) is 82.3 Å². The van der Waals surface area contributed by atoms with Gasteiger partial charge in [0.15, 0.2) is 0 Å². The van der Waals surface area contributed by atoms with Crippen molar-refractivity contribution in [2.45, 2.75) is 19.1 Å². The summed E-state index contributed by atoms with van der Waals surface area (Å²) in [6.07, 6.45) is -4.44. The highest BCUT2D eigenvalue weighted by molar-refractivity contribution is 6.30. The van der Waals surface area contributed by atoms with Gasteiger partial charge in [0.05, 0.1) is 5.56 Å². The molecule has 4 N–H and O–H groups in total. The van der Waals surface area contributed by atoms with Gasteiger partial charge < -0.3 is 21.3 Å². The molecule has 2 aromatic carbocycles. The second-order valence-corrected chi connectivity index (χ2v) is 6.36. The molecular weight excluding hydrogens is 397 g/mol. The molecule has 0 aliphatic heterocycles. The zero-order valence-corrected chi connectivity index (χ0v) is 15.5. The van der Waals surface area contributed by atoms with Gasteiger partial charge in [0.2, 0.25) is 0 Å². The van der Waals surface area contributed by atoms with Crippen LogP contribution in [0.4, 0.5) is 34.1 Å². The third-order valence-corrected chi connectivity index (χ3v) is 3.73. The van der Waals surface area contributed by atoms with Crippen LogP contribution in [0, 0.1) is 0 Å². The maximum atomic E-state index is 12.5. The molecular formula is C18H18ClF3N4O2. The normalized spacial score (nSPS) is 12.0. The van der Waals surface area contributed by atoms with Gasteiger partial charge in [-0.3, -0.25) is 0 Å². The molecule has 0 heterocycles. The average Bonchev–Trinajstić information content (AvgIpc) is 2.59. The molecule has 2 rings (SSSR count). The lowest BCUT2D eigenvalue weighted by Crippen LogP contribution is -2.44. The third-order valence-electron chi connectivity index (χ3n) is 3.50. The van der Waals surface area contributed by atoms with E-state index in [-0.39, 0.29) is 12.2 Å². The number of alkyl halides is 3. The van der Waals surface area contributed by atoms with Crippen LogP contribution in [0.1, 0.15) is 12.5 Å². The first-order chi connectivity index (χ1) is 13.1. The molecule has 0 fully saturated rings. The first kappa shape index (κ1) is 21.4. The summed E-state index contributed by atoms with van der Waals surface area (Å²) < 4.78 is 37.5. The molecule has 0 saturated heterocycles. The molecule has 0 aliphatic rings. The SMILES string of the molecule is CC(CNC(=O)Nc1cccc(Cl)c1)NC(=O)Nc1ccc(C(F)(F)F)cc1. The molecule has 1 atom stereocenters. The Morgan fingerprint density at radius 3 is 2.25 bits per heavy atom. The number of hydrogen-bond donors (Lipinski definition) is 4. The van der Waals surface area contributed by atoms with E-state index in [9.17, 15) is 22.8 Å². The van der Waals surface area contributed by atoms with Gasteiger partial charge in [0.1, 0.15) is 0 Å². The van der Waals surface area contributed by atoms with E-state index in [0.29, 0.717) is 10.7 Å². The van der Waals surface area contributed by atoms with Gasteiger partial charge in [-0.25, -0.2) is 9.59 Å². The number of hydrogen-bond acceptors (Lipinski definition) is 2. The largest absolute Gasteiger partial charge is 0.416 e. The standard InChI is InChI=1S/C18H18ClF3N4O2/c1-11(10-23-16(27)26-15-4-2-3-13(19)9-15)24-17(28)25-14-7-5-12(6-8-14)18(20,21)22/h2-9,11H,10H2,1H3,(H2,23,26,27)(H2,24,25,28). The minimum Gasteiger partial charge on any atom is -0.336 e. The molecule has 1 unspecified atom stereocenters. The smallest absolute Gasteiger partial charge is 0.336 e. The second kappa shape index (κ2) is 9.32. The van der Waals surface area contributed by atoms with E-state index >= 15 is 0 Å². The summed E-state index contributed by atoms with van der Waals surface area (Å²) in [5.41, 5.74) is -0.0724. The van der Waals surface area contributed by atoms with Crippen molar-refractivity contribution in [2.24, 2.45) is 0 Å². The number of benzene rings is 2. The Labute approximate surface area is 164 Å². The van der Waals surface area contributed by atoms with Crippen molar-refractivity contribution in [3.8, 4) is 0 Å². The summed E-state index contributed by atoms with van der Waals surface area (Å²) in [5.74, 6) is 0. The maximum Gasteiger partial charge on any atom is 0.416 e. The minimum atomic E-state index is -4.44. The number of nitrogens with one attached hydrogen (secondary N) is 4. The van der Waals surface area contributed by atoms with Crippen LogP contribution in [0.3, 0.4) is 0 Å². The van der Waals surface area contributed by atoms with E-state index < -0.39 is 29.8 Å². The zero-order valence-electron chi connectivity index (χ0n) is 14.7. The number of amides is 4. The van der Waals surface area contributed by atoms with Crippen molar-refractivity contribution in [1.82, 2.24) is 10.6 Å². The van der Waals surface area contributed by atoms with Crippen LogP contribution in [0.2, 0.25) is 5.02 Å². The third kappa shape index (κ3) is 6.99. The molecule has 28 heavy (non-hydrogen) atoms. The van der Waals surface area contributed by atoms with E-state index in [4.69, 9.17) is 11.6 Å². The van der Waals surface area contributed by atoms with E-state index in [1.165, 1.54) is 0 Å². The number of rotatable bonds is 5. The fourth-order valence-electron chi connectivity index (χ4n) is 2.17. The molecule has 6 nitrogen and oxygen atoms in total. The summed E-state index contributed by atoms with van der Waals surface area (Å²) in [4.78, 5) is 23.7. The minimum absolute atomic E-state index is 0.132. The molecule has 4 amide bonds. The van der Waals surface area contributed by atoms with E-state index in [1.54, 1.807) is 31.2 Å². The van der Waals surface area contributed by atoms with E-state index in [0.717, 1.165) is 24.3 Å². The molecule has 0 bridgehead atoms. The maximum absolute atomic E-state index is 12.5. The lowest BCUT2D eigenvalue weighted by molar-refractivity contribution is -0.137. The highest BCUT2D eigenvalue weighted by Gasteiger charge is 2.30. The van der Waals surface area contributed by atoms with Crippen molar-refractivity contribution in [3.05, 3.63) is 59.1 Å². The molecule has 150 valence electrons. The fraction of sp³-hybridized carbons (Fsp3) is 0.222. The van der Waals surface area contributed by atoms with Gasteiger partial charge in [-0.05, 0) is 49.4 Å². The van der Waals surface area contributed by atoms with Crippen molar-refractivity contribution in [2.75, 3.05) is 17.2 Å². The van der Waals surface area contributed by atoms with Crippen LogP contribution < -0.4 is 21.3 Å². The Hall–Kier alpha value is -2.94. The predicted octanol–water partition coefficient (Wildman–Crippen LogP) is 4.69. The summed E-state index contributed by atoms with van der Waals surface area (Å²) in [5, 5.41) is 10.6. The monoisotopic (exact) mass is 414 g/mol.